The van der Waals surface area contributed by atoms with Gasteiger partial charge in [-0.25, -0.2) is 0 Å². The van der Waals surface area contributed by atoms with E-state index in [0.717, 1.165) is 15.7 Å². The number of hydrogen-bond acceptors (Lipinski definition) is 4. The Morgan fingerprint density at radius 2 is 1.77 bits per heavy atom. The molecular weight excluding hydrogens is 368 g/mol. The molecular formula is C21H17ClO3S. The van der Waals surface area contributed by atoms with Crippen LogP contribution in [0.4, 0.5) is 0 Å². The average Bonchev–Trinajstić information content (AvgIpc) is 2.65. The number of Topliss-reactive ketones (excluding diaryl/α,β-unsaturated/α-hetero) is 1. The van der Waals surface area contributed by atoms with Gasteiger partial charge < -0.3 is 4.74 Å². The van der Waals surface area contributed by atoms with Crippen LogP contribution in [0.2, 0.25) is 5.02 Å². The lowest BCUT2D eigenvalue weighted by molar-refractivity contribution is -0.143. The second-order valence-electron chi connectivity index (χ2n) is 5.80. The van der Waals surface area contributed by atoms with Crippen molar-refractivity contribution in [1.29, 1.82) is 0 Å². The highest BCUT2D eigenvalue weighted by Crippen LogP contribution is 2.24. The first kappa shape index (κ1) is 18.5. The van der Waals surface area contributed by atoms with Crippen molar-refractivity contribution in [2.75, 3.05) is 5.75 Å². The molecule has 3 rings (SSSR count). The fraction of sp³-hybridized carbons (Fsp3) is 0.143. The first-order valence-electron chi connectivity index (χ1n) is 8.14. The number of benzene rings is 3. The molecule has 0 bridgehead atoms. The first-order valence-corrected chi connectivity index (χ1v) is 9.50. The summed E-state index contributed by atoms with van der Waals surface area (Å²) in [6.45, 7) is 1.57. The maximum atomic E-state index is 12.3. The number of esters is 1. The van der Waals surface area contributed by atoms with Crippen molar-refractivity contribution < 1.29 is 14.3 Å². The summed E-state index contributed by atoms with van der Waals surface area (Å²) in [5.74, 6) is -0.548. The van der Waals surface area contributed by atoms with Crippen molar-refractivity contribution in [3.05, 3.63) is 77.3 Å². The van der Waals surface area contributed by atoms with Crippen molar-refractivity contribution in [2.24, 2.45) is 0 Å². The summed E-state index contributed by atoms with van der Waals surface area (Å²) in [5, 5.41) is 2.75. The summed E-state index contributed by atoms with van der Waals surface area (Å²) in [6.07, 6.45) is -0.849. The van der Waals surface area contributed by atoms with E-state index in [-0.39, 0.29) is 11.5 Å². The second kappa shape index (κ2) is 8.39. The molecule has 3 nitrogen and oxygen atoms in total. The van der Waals surface area contributed by atoms with E-state index < -0.39 is 12.1 Å². The monoisotopic (exact) mass is 384 g/mol. The van der Waals surface area contributed by atoms with Crippen LogP contribution < -0.4 is 0 Å². The van der Waals surface area contributed by atoms with E-state index in [1.807, 2.05) is 42.5 Å². The van der Waals surface area contributed by atoms with Gasteiger partial charge in [0.2, 0.25) is 5.78 Å². The minimum absolute atomic E-state index is 0.144. The van der Waals surface area contributed by atoms with Crippen LogP contribution >= 0.6 is 23.4 Å². The van der Waals surface area contributed by atoms with Gasteiger partial charge in [0.15, 0.2) is 6.10 Å². The van der Waals surface area contributed by atoms with Gasteiger partial charge >= 0.3 is 5.97 Å². The van der Waals surface area contributed by atoms with Crippen molar-refractivity contribution in [2.45, 2.75) is 17.9 Å². The lowest BCUT2D eigenvalue weighted by atomic mass is 10.1. The Morgan fingerprint density at radius 1 is 1.00 bits per heavy atom. The normalized spacial score (nSPS) is 11.9. The van der Waals surface area contributed by atoms with Crippen LogP contribution in [-0.4, -0.2) is 23.6 Å². The molecule has 3 aromatic rings. The number of fused-ring (bicyclic) bond motifs is 1. The zero-order valence-corrected chi connectivity index (χ0v) is 15.7. The summed E-state index contributed by atoms with van der Waals surface area (Å²) >= 11 is 7.28. The molecule has 0 radical (unpaired) electrons. The van der Waals surface area contributed by atoms with E-state index in [0.29, 0.717) is 10.6 Å². The number of rotatable bonds is 6. The number of thioether (sulfide) groups is 1. The number of ether oxygens (including phenoxy) is 1. The number of hydrogen-bond donors (Lipinski definition) is 0. The summed E-state index contributed by atoms with van der Waals surface area (Å²) < 4.78 is 5.26. The van der Waals surface area contributed by atoms with Crippen molar-refractivity contribution in [3.63, 3.8) is 0 Å². The van der Waals surface area contributed by atoms with Gasteiger partial charge in [0.1, 0.15) is 0 Å². The Morgan fingerprint density at radius 3 is 2.54 bits per heavy atom. The maximum absolute atomic E-state index is 12.3. The minimum Gasteiger partial charge on any atom is -0.454 e. The van der Waals surface area contributed by atoms with E-state index in [4.69, 9.17) is 16.3 Å². The molecule has 132 valence electrons. The molecule has 0 spiro atoms. The zero-order chi connectivity index (χ0) is 18.5. The van der Waals surface area contributed by atoms with Crippen LogP contribution in [0.3, 0.4) is 0 Å². The van der Waals surface area contributed by atoms with Crippen LogP contribution in [0.1, 0.15) is 17.3 Å². The molecule has 0 aromatic heterocycles. The number of halogens is 1. The molecule has 3 aromatic carbocycles. The topological polar surface area (TPSA) is 43.4 Å². The van der Waals surface area contributed by atoms with Gasteiger partial charge in [0.25, 0.3) is 0 Å². The fourth-order valence-electron chi connectivity index (χ4n) is 2.56. The smallest absolute Gasteiger partial charge is 0.316 e. The third-order valence-corrected chi connectivity index (χ3v) is 5.07. The molecule has 0 aliphatic heterocycles. The fourth-order valence-corrected chi connectivity index (χ4v) is 3.48. The average molecular weight is 385 g/mol. The number of ketones is 1. The molecule has 1 atom stereocenters. The lowest BCUT2D eigenvalue weighted by Crippen LogP contribution is -2.25. The molecule has 0 saturated carbocycles. The summed E-state index contributed by atoms with van der Waals surface area (Å²) in [4.78, 5) is 25.4. The van der Waals surface area contributed by atoms with Gasteiger partial charge in [0, 0.05) is 15.5 Å². The minimum atomic E-state index is -0.849. The van der Waals surface area contributed by atoms with Gasteiger partial charge in [-0.3, -0.25) is 9.59 Å². The van der Waals surface area contributed by atoms with E-state index in [2.05, 4.69) is 0 Å². The highest BCUT2D eigenvalue weighted by atomic mass is 35.5. The Bertz CT molecular complexity index is 955. The van der Waals surface area contributed by atoms with E-state index in [1.165, 1.54) is 11.8 Å². The molecule has 1 unspecified atom stereocenters. The van der Waals surface area contributed by atoms with Crippen LogP contribution in [0.5, 0.6) is 0 Å². The van der Waals surface area contributed by atoms with Crippen molar-refractivity contribution >= 4 is 45.9 Å². The van der Waals surface area contributed by atoms with Crippen LogP contribution in [0.15, 0.2) is 71.6 Å². The maximum Gasteiger partial charge on any atom is 0.316 e. The van der Waals surface area contributed by atoms with Crippen LogP contribution in [0, 0.1) is 0 Å². The molecule has 0 N–H and O–H groups in total. The molecule has 0 saturated heterocycles. The molecule has 26 heavy (non-hydrogen) atoms. The third-order valence-electron chi connectivity index (χ3n) is 3.86. The highest BCUT2D eigenvalue weighted by Gasteiger charge is 2.19. The Kier molecular flexibility index (Phi) is 5.96. The third kappa shape index (κ3) is 4.65. The Hall–Kier alpha value is -2.30. The van der Waals surface area contributed by atoms with Crippen LogP contribution in [-0.2, 0) is 9.53 Å². The van der Waals surface area contributed by atoms with E-state index >= 15 is 0 Å². The molecule has 0 aliphatic rings. The van der Waals surface area contributed by atoms with E-state index in [9.17, 15) is 9.59 Å². The Balaban J connectivity index is 1.56. The second-order valence-corrected chi connectivity index (χ2v) is 7.29. The molecule has 5 heteroatoms. The quantitative estimate of drug-likeness (QED) is 0.324. The van der Waals surface area contributed by atoms with Gasteiger partial charge in [-0.1, -0.05) is 54.1 Å². The SMILES string of the molecule is CC(OC(=O)CSc1ccc2ccccc2c1)C(=O)c1cccc(Cl)c1. The zero-order valence-electron chi connectivity index (χ0n) is 14.1. The number of carbonyl (C=O) groups is 2. The van der Waals surface area contributed by atoms with Crippen molar-refractivity contribution in [3.8, 4) is 0 Å². The first-order chi connectivity index (χ1) is 12.5. The predicted molar refractivity (Wildman–Crippen MR) is 106 cm³/mol. The molecule has 0 amide bonds. The largest absolute Gasteiger partial charge is 0.454 e. The van der Waals surface area contributed by atoms with E-state index in [1.54, 1.807) is 31.2 Å². The van der Waals surface area contributed by atoms with Crippen molar-refractivity contribution in [1.82, 2.24) is 0 Å². The summed E-state index contributed by atoms with van der Waals surface area (Å²) in [6, 6.07) is 20.7. The van der Waals surface area contributed by atoms with Gasteiger partial charge in [-0.2, -0.15) is 0 Å². The molecule has 0 heterocycles. The van der Waals surface area contributed by atoms with Gasteiger partial charge in [-0.05, 0) is 42.0 Å². The molecule has 0 aliphatic carbocycles. The number of carbonyl (C=O) groups excluding carboxylic acids is 2. The summed E-state index contributed by atoms with van der Waals surface area (Å²) in [5.41, 5.74) is 0.431. The lowest BCUT2D eigenvalue weighted by Gasteiger charge is -2.12. The van der Waals surface area contributed by atoms with Gasteiger partial charge in [0.05, 0.1) is 5.75 Å². The van der Waals surface area contributed by atoms with Gasteiger partial charge in [-0.15, -0.1) is 11.8 Å². The highest BCUT2D eigenvalue weighted by molar-refractivity contribution is 8.00. The summed E-state index contributed by atoms with van der Waals surface area (Å²) in [7, 11) is 0. The van der Waals surface area contributed by atoms with Crippen LogP contribution in [0.25, 0.3) is 10.8 Å². The Labute approximate surface area is 161 Å². The predicted octanol–water partition coefficient (Wildman–Crippen LogP) is 5.40. The standard InChI is InChI=1S/C21H17ClO3S/c1-14(21(24)17-7-4-8-18(22)11-17)25-20(23)13-26-19-10-9-15-5-2-3-6-16(15)12-19/h2-12,14H,13H2,1H3. The molecule has 0 fully saturated rings.